The van der Waals surface area contributed by atoms with Crippen molar-refractivity contribution in [3.8, 4) is 0 Å². The summed E-state index contributed by atoms with van der Waals surface area (Å²) in [6.07, 6.45) is 0. The smallest absolute Gasteiger partial charge is 0.274 e. The van der Waals surface area contributed by atoms with E-state index >= 15 is 0 Å². The van der Waals surface area contributed by atoms with Gasteiger partial charge in [-0.25, -0.2) is 9.37 Å². The Hall–Kier alpha value is -3.16. The van der Waals surface area contributed by atoms with E-state index in [1.807, 2.05) is 0 Å². The van der Waals surface area contributed by atoms with Crippen molar-refractivity contribution in [2.45, 2.75) is 6.92 Å². The first-order valence-electron chi connectivity index (χ1n) is 8.80. The third-order valence-corrected chi connectivity index (χ3v) is 4.93. The molecule has 8 heteroatoms. The molecule has 0 spiro atoms. The third-order valence-electron chi connectivity index (χ3n) is 4.93. The second kappa shape index (κ2) is 6.53. The third kappa shape index (κ3) is 3.07. The number of rotatable bonds is 2. The molecule has 1 amide bonds. The number of aromatic amines is 1. The predicted octanol–water partition coefficient (Wildman–Crippen LogP) is 1.67. The minimum Gasteiger partial charge on any atom is -0.368 e. The Balaban J connectivity index is 1.57. The molecule has 0 atom stereocenters. The van der Waals surface area contributed by atoms with Crippen molar-refractivity contribution in [3.63, 3.8) is 0 Å². The maximum Gasteiger partial charge on any atom is 0.274 e. The molecule has 2 aromatic heterocycles. The van der Waals surface area contributed by atoms with Gasteiger partial charge in [0.2, 0.25) is 0 Å². The first-order chi connectivity index (χ1) is 12.9. The van der Waals surface area contributed by atoms with E-state index in [4.69, 9.17) is 0 Å². The van der Waals surface area contributed by atoms with Crippen LogP contribution in [0.1, 0.15) is 16.1 Å². The highest BCUT2D eigenvalue weighted by molar-refractivity contribution is 6.05. The van der Waals surface area contributed by atoms with E-state index in [-0.39, 0.29) is 17.3 Å². The van der Waals surface area contributed by atoms with Crippen LogP contribution in [0.3, 0.4) is 0 Å². The van der Waals surface area contributed by atoms with Crippen LogP contribution in [0.15, 0.2) is 35.1 Å². The van der Waals surface area contributed by atoms with E-state index in [0.717, 1.165) is 5.69 Å². The standard InChI is InChI=1S/C19H20FN5O2/c1-12-11-15(16-17(21-12)23(2)22-18(16)26)19(27)25-9-7-24(8-10-25)14-5-3-13(20)4-6-14/h3-6,11H,7-10H2,1-2H3,(H,22,26). The normalized spacial score (nSPS) is 14.8. The van der Waals surface area contributed by atoms with Gasteiger partial charge in [0.25, 0.3) is 11.5 Å². The molecule has 1 saturated heterocycles. The second-order valence-electron chi connectivity index (χ2n) is 6.77. The van der Waals surface area contributed by atoms with Crippen LogP contribution in [0.4, 0.5) is 10.1 Å². The van der Waals surface area contributed by atoms with Gasteiger partial charge in [0.15, 0.2) is 5.65 Å². The average molecular weight is 369 g/mol. The minimum absolute atomic E-state index is 0.166. The Morgan fingerprint density at radius 2 is 1.81 bits per heavy atom. The lowest BCUT2D eigenvalue weighted by Gasteiger charge is -2.36. The fourth-order valence-electron chi connectivity index (χ4n) is 3.54. The molecule has 0 saturated carbocycles. The van der Waals surface area contributed by atoms with E-state index < -0.39 is 0 Å². The van der Waals surface area contributed by atoms with Gasteiger partial charge in [0, 0.05) is 44.6 Å². The molecule has 1 N–H and O–H groups in total. The summed E-state index contributed by atoms with van der Waals surface area (Å²) < 4.78 is 14.6. The van der Waals surface area contributed by atoms with Crippen LogP contribution in [-0.4, -0.2) is 51.8 Å². The zero-order chi connectivity index (χ0) is 19.1. The zero-order valence-corrected chi connectivity index (χ0v) is 15.2. The summed E-state index contributed by atoms with van der Waals surface area (Å²) in [4.78, 5) is 33.6. The van der Waals surface area contributed by atoms with Crippen LogP contribution in [0, 0.1) is 12.7 Å². The highest BCUT2D eigenvalue weighted by Crippen LogP contribution is 2.20. The Morgan fingerprint density at radius 3 is 2.48 bits per heavy atom. The number of hydrogen-bond donors (Lipinski definition) is 1. The highest BCUT2D eigenvalue weighted by atomic mass is 19.1. The number of anilines is 1. The van der Waals surface area contributed by atoms with E-state index in [1.165, 1.54) is 16.8 Å². The largest absolute Gasteiger partial charge is 0.368 e. The molecule has 27 heavy (non-hydrogen) atoms. The number of piperazine rings is 1. The maximum atomic E-state index is 13.1. The summed E-state index contributed by atoms with van der Waals surface area (Å²) >= 11 is 0. The van der Waals surface area contributed by atoms with Gasteiger partial charge in [-0.1, -0.05) is 0 Å². The number of H-pyrrole nitrogens is 1. The molecule has 0 bridgehead atoms. The lowest BCUT2D eigenvalue weighted by Crippen LogP contribution is -2.49. The van der Waals surface area contributed by atoms with Crippen molar-refractivity contribution in [2.24, 2.45) is 7.05 Å². The van der Waals surface area contributed by atoms with E-state index in [0.29, 0.717) is 48.5 Å². The maximum absolute atomic E-state index is 13.1. The van der Waals surface area contributed by atoms with Gasteiger partial charge in [-0.2, -0.15) is 0 Å². The molecule has 7 nitrogen and oxygen atoms in total. The summed E-state index contributed by atoms with van der Waals surface area (Å²) in [5, 5.41) is 2.99. The Kier molecular flexibility index (Phi) is 4.18. The van der Waals surface area contributed by atoms with Crippen molar-refractivity contribution in [3.05, 3.63) is 57.8 Å². The summed E-state index contributed by atoms with van der Waals surface area (Å²) in [5.41, 5.74) is 2.17. The topological polar surface area (TPSA) is 74.2 Å². The molecule has 1 aromatic carbocycles. The number of fused-ring (bicyclic) bond motifs is 1. The Bertz CT molecular complexity index is 1060. The van der Waals surface area contributed by atoms with Crippen molar-refractivity contribution < 1.29 is 9.18 Å². The Morgan fingerprint density at radius 1 is 1.15 bits per heavy atom. The van der Waals surface area contributed by atoms with Gasteiger partial charge in [-0.05, 0) is 37.3 Å². The molecule has 0 radical (unpaired) electrons. The average Bonchev–Trinajstić information content (AvgIpc) is 2.95. The van der Waals surface area contributed by atoms with Gasteiger partial charge in [0.1, 0.15) is 5.82 Å². The molecule has 1 fully saturated rings. The molecule has 3 aromatic rings. The molecular formula is C19H20FN5O2. The number of carbonyl (C=O) groups is 1. The number of aromatic nitrogens is 3. The van der Waals surface area contributed by atoms with E-state index in [9.17, 15) is 14.0 Å². The first kappa shape index (κ1) is 17.3. The van der Waals surface area contributed by atoms with Crippen molar-refractivity contribution in [2.75, 3.05) is 31.1 Å². The molecule has 1 aliphatic rings. The van der Waals surface area contributed by atoms with E-state index in [2.05, 4.69) is 15.0 Å². The zero-order valence-electron chi connectivity index (χ0n) is 15.2. The van der Waals surface area contributed by atoms with Gasteiger partial charge >= 0.3 is 0 Å². The highest BCUT2D eigenvalue weighted by Gasteiger charge is 2.26. The van der Waals surface area contributed by atoms with Crippen LogP contribution in [0.5, 0.6) is 0 Å². The number of nitrogens with one attached hydrogen (secondary N) is 1. The summed E-state index contributed by atoms with van der Waals surface area (Å²) in [6, 6.07) is 8.03. The number of hydrogen-bond acceptors (Lipinski definition) is 4. The van der Waals surface area contributed by atoms with Gasteiger partial charge in [0.05, 0.1) is 10.9 Å². The molecule has 0 unspecified atom stereocenters. The van der Waals surface area contributed by atoms with Crippen LogP contribution in [0.25, 0.3) is 11.0 Å². The van der Waals surface area contributed by atoms with Gasteiger partial charge in [-0.3, -0.25) is 19.4 Å². The van der Waals surface area contributed by atoms with Crippen LogP contribution < -0.4 is 10.5 Å². The summed E-state index contributed by atoms with van der Waals surface area (Å²) in [7, 11) is 1.70. The number of carbonyl (C=O) groups excluding carboxylic acids is 1. The van der Waals surface area contributed by atoms with Crippen LogP contribution >= 0.6 is 0 Å². The van der Waals surface area contributed by atoms with Gasteiger partial charge in [-0.15, -0.1) is 0 Å². The predicted molar refractivity (Wildman–Crippen MR) is 101 cm³/mol. The fourth-order valence-corrected chi connectivity index (χ4v) is 3.54. The Labute approximate surface area is 155 Å². The number of aryl methyl sites for hydroxylation is 2. The summed E-state index contributed by atoms with van der Waals surface area (Å²) in [6.45, 7) is 4.17. The molecule has 3 heterocycles. The SMILES string of the molecule is Cc1cc(C(=O)N2CCN(c3ccc(F)cc3)CC2)c2c(=O)[nH]n(C)c2n1. The number of amides is 1. The van der Waals surface area contributed by atoms with Crippen molar-refractivity contribution in [1.29, 1.82) is 0 Å². The molecule has 1 aliphatic heterocycles. The molecule has 140 valence electrons. The number of benzene rings is 1. The lowest BCUT2D eigenvalue weighted by molar-refractivity contribution is 0.0748. The molecule has 0 aliphatic carbocycles. The van der Waals surface area contributed by atoms with Gasteiger partial charge < -0.3 is 9.80 Å². The minimum atomic E-state index is -0.312. The van der Waals surface area contributed by atoms with E-state index in [1.54, 1.807) is 37.1 Å². The van der Waals surface area contributed by atoms with Crippen molar-refractivity contribution in [1.82, 2.24) is 19.7 Å². The van der Waals surface area contributed by atoms with Crippen molar-refractivity contribution >= 4 is 22.6 Å². The monoisotopic (exact) mass is 369 g/mol. The number of pyridine rings is 1. The molecular weight excluding hydrogens is 349 g/mol. The summed E-state index contributed by atoms with van der Waals surface area (Å²) in [5.74, 6) is -0.432. The van der Waals surface area contributed by atoms with Crippen LogP contribution in [0.2, 0.25) is 0 Å². The lowest BCUT2D eigenvalue weighted by atomic mass is 10.1. The second-order valence-corrected chi connectivity index (χ2v) is 6.77. The number of nitrogens with zero attached hydrogens (tertiary/aromatic N) is 4. The first-order valence-corrected chi connectivity index (χ1v) is 8.80. The molecule has 4 rings (SSSR count). The fraction of sp³-hybridized carbons (Fsp3) is 0.316. The number of halogens is 1. The quantitative estimate of drug-likeness (QED) is 0.746. The van der Waals surface area contributed by atoms with Crippen LogP contribution in [-0.2, 0) is 7.05 Å².